The summed E-state index contributed by atoms with van der Waals surface area (Å²) in [5, 5.41) is 0. The molecule has 1 aliphatic rings. The van der Waals surface area contributed by atoms with E-state index in [0.29, 0.717) is 0 Å². The number of aromatic nitrogens is 2. The number of hydrogen-bond acceptors (Lipinski definition) is 3. The minimum Gasteiger partial charge on any atom is -0.355 e. The summed E-state index contributed by atoms with van der Waals surface area (Å²) in [6, 6.07) is 0. The van der Waals surface area contributed by atoms with Gasteiger partial charge in [0.2, 0.25) is 0 Å². The molecule has 1 fully saturated rings. The molecular weight excluding hydrogens is 162 g/mol. The van der Waals surface area contributed by atoms with Crippen LogP contribution in [0.25, 0.3) is 0 Å². The molecule has 13 heavy (non-hydrogen) atoms. The summed E-state index contributed by atoms with van der Waals surface area (Å²) < 4.78 is 0. The van der Waals surface area contributed by atoms with Gasteiger partial charge in [-0.25, -0.2) is 4.98 Å². The Kier molecular flexibility index (Phi) is 2.25. The van der Waals surface area contributed by atoms with E-state index in [9.17, 15) is 0 Å². The van der Waals surface area contributed by atoms with Gasteiger partial charge in [-0.2, -0.15) is 0 Å². The van der Waals surface area contributed by atoms with Gasteiger partial charge in [-0.05, 0) is 12.8 Å². The predicted molar refractivity (Wildman–Crippen MR) is 52.6 cm³/mol. The predicted octanol–water partition coefficient (Wildman–Crippen LogP) is 1.63. The van der Waals surface area contributed by atoms with Crippen LogP contribution in [-0.4, -0.2) is 23.1 Å². The van der Waals surface area contributed by atoms with E-state index in [0.717, 1.165) is 31.7 Å². The quantitative estimate of drug-likeness (QED) is 0.607. The first-order valence-corrected chi connectivity index (χ1v) is 4.54. The van der Waals surface area contributed by atoms with Gasteiger partial charge < -0.3 is 4.90 Å². The van der Waals surface area contributed by atoms with Crippen LogP contribution >= 0.6 is 0 Å². The third-order valence-corrected chi connectivity index (χ3v) is 2.34. The molecule has 0 bridgehead atoms. The second-order valence-corrected chi connectivity index (χ2v) is 3.30. The molecule has 2 heterocycles. The standard InChI is InChI=1S/C10H13N3/c1-9-2-6-13(7-3-9)10-8-11-4-5-12-10/h4-5,8H,1-3,6-7H2. The van der Waals surface area contributed by atoms with Crippen molar-refractivity contribution >= 4 is 5.82 Å². The van der Waals surface area contributed by atoms with Gasteiger partial charge in [0.05, 0.1) is 6.20 Å². The normalized spacial score (nSPS) is 17.5. The Morgan fingerprint density at radius 1 is 1.23 bits per heavy atom. The monoisotopic (exact) mass is 175 g/mol. The van der Waals surface area contributed by atoms with Gasteiger partial charge in [0.15, 0.2) is 0 Å². The summed E-state index contributed by atoms with van der Waals surface area (Å²) in [6.07, 6.45) is 7.41. The summed E-state index contributed by atoms with van der Waals surface area (Å²) in [7, 11) is 0. The van der Waals surface area contributed by atoms with Crippen LogP contribution in [0.3, 0.4) is 0 Å². The molecular formula is C10H13N3. The van der Waals surface area contributed by atoms with Crippen molar-refractivity contribution in [1.82, 2.24) is 9.97 Å². The fourth-order valence-corrected chi connectivity index (χ4v) is 1.51. The van der Waals surface area contributed by atoms with Crippen molar-refractivity contribution in [2.75, 3.05) is 18.0 Å². The van der Waals surface area contributed by atoms with Crippen LogP contribution in [0, 0.1) is 0 Å². The summed E-state index contributed by atoms with van der Waals surface area (Å²) in [6.45, 7) is 6.03. The van der Waals surface area contributed by atoms with Gasteiger partial charge in [0.25, 0.3) is 0 Å². The molecule has 1 aromatic heterocycles. The van der Waals surface area contributed by atoms with Crippen LogP contribution in [-0.2, 0) is 0 Å². The van der Waals surface area contributed by atoms with Crippen LogP contribution in [0.4, 0.5) is 5.82 Å². The van der Waals surface area contributed by atoms with Crippen molar-refractivity contribution < 1.29 is 0 Å². The Morgan fingerprint density at radius 2 is 2.00 bits per heavy atom. The Hall–Kier alpha value is -1.38. The van der Waals surface area contributed by atoms with Crippen molar-refractivity contribution in [3.8, 4) is 0 Å². The van der Waals surface area contributed by atoms with Crippen molar-refractivity contribution in [2.24, 2.45) is 0 Å². The Balaban J connectivity index is 2.07. The zero-order chi connectivity index (χ0) is 9.10. The highest BCUT2D eigenvalue weighted by atomic mass is 15.2. The van der Waals surface area contributed by atoms with Crippen molar-refractivity contribution in [2.45, 2.75) is 12.8 Å². The molecule has 68 valence electrons. The van der Waals surface area contributed by atoms with Crippen LogP contribution in [0.5, 0.6) is 0 Å². The Morgan fingerprint density at radius 3 is 2.62 bits per heavy atom. The number of piperidine rings is 1. The molecule has 1 aromatic rings. The lowest BCUT2D eigenvalue weighted by Gasteiger charge is -2.28. The number of hydrogen-bond donors (Lipinski definition) is 0. The van der Waals surface area contributed by atoms with E-state index in [1.54, 1.807) is 12.4 Å². The largest absolute Gasteiger partial charge is 0.355 e. The third kappa shape index (κ3) is 1.86. The molecule has 0 radical (unpaired) electrons. The van der Waals surface area contributed by atoms with E-state index in [1.807, 2.05) is 6.20 Å². The van der Waals surface area contributed by atoms with E-state index in [1.165, 1.54) is 5.57 Å². The van der Waals surface area contributed by atoms with E-state index >= 15 is 0 Å². The van der Waals surface area contributed by atoms with Gasteiger partial charge in [-0.15, -0.1) is 0 Å². The minimum atomic E-state index is 0.981. The Labute approximate surface area is 78.1 Å². The van der Waals surface area contributed by atoms with Gasteiger partial charge in [-0.3, -0.25) is 4.98 Å². The number of rotatable bonds is 1. The van der Waals surface area contributed by atoms with Gasteiger partial charge in [-0.1, -0.05) is 12.2 Å². The molecule has 0 saturated carbocycles. The molecule has 3 nitrogen and oxygen atoms in total. The second-order valence-electron chi connectivity index (χ2n) is 3.30. The lowest BCUT2D eigenvalue weighted by Crippen LogP contribution is -2.30. The molecule has 1 saturated heterocycles. The summed E-state index contributed by atoms with van der Waals surface area (Å²) >= 11 is 0. The molecule has 0 aromatic carbocycles. The molecule has 2 rings (SSSR count). The average Bonchev–Trinajstić information content (AvgIpc) is 2.20. The van der Waals surface area contributed by atoms with Crippen LogP contribution in [0.1, 0.15) is 12.8 Å². The van der Waals surface area contributed by atoms with Crippen molar-refractivity contribution in [1.29, 1.82) is 0 Å². The molecule has 0 unspecified atom stereocenters. The highest BCUT2D eigenvalue weighted by Gasteiger charge is 2.13. The first kappa shape index (κ1) is 8.23. The first-order valence-electron chi connectivity index (χ1n) is 4.54. The molecule has 1 aliphatic heterocycles. The zero-order valence-corrected chi connectivity index (χ0v) is 7.61. The van der Waals surface area contributed by atoms with Crippen molar-refractivity contribution in [3.63, 3.8) is 0 Å². The van der Waals surface area contributed by atoms with Crippen LogP contribution in [0.2, 0.25) is 0 Å². The fourth-order valence-electron chi connectivity index (χ4n) is 1.51. The number of anilines is 1. The Bertz CT molecular complexity index is 284. The van der Waals surface area contributed by atoms with E-state index in [4.69, 9.17) is 0 Å². The SMILES string of the molecule is C=C1CCN(c2cnccn2)CC1. The number of nitrogens with zero attached hydrogens (tertiary/aromatic N) is 3. The van der Waals surface area contributed by atoms with E-state index in [-0.39, 0.29) is 0 Å². The lowest BCUT2D eigenvalue weighted by atomic mass is 10.1. The molecule has 0 N–H and O–H groups in total. The summed E-state index contributed by atoms with van der Waals surface area (Å²) in [5.41, 5.74) is 1.35. The highest BCUT2D eigenvalue weighted by molar-refractivity contribution is 5.36. The van der Waals surface area contributed by atoms with Crippen molar-refractivity contribution in [3.05, 3.63) is 30.7 Å². The maximum atomic E-state index is 4.26. The third-order valence-electron chi connectivity index (χ3n) is 2.34. The molecule has 0 amide bonds. The minimum absolute atomic E-state index is 0.981. The molecule has 0 aliphatic carbocycles. The smallest absolute Gasteiger partial charge is 0.147 e. The second kappa shape index (κ2) is 3.56. The molecule has 0 spiro atoms. The summed E-state index contributed by atoms with van der Waals surface area (Å²) in [5.74, 6) is 0.981. The van der Waals surface area contributed by atoms with E-state index in [2.05, 4.69) is 21.4 Å². The lowest BCUT2D eigenvalue weighted by molar-refractivity contribution is 0.678. The van der Waals surface area contributed by atoms with Gasteiger partial charge in [0, 0.05) is 25.5 Å². The zero-order valence-electron chi connectivity index (χ0n) is 7.61. The van der Waals surface area contributed by atoms with Crippen LogP contribution in [0.15, 0.2) is 30.7 Å². The molecule has 3 heteroatoms. The van der Waals surface area contributed by atoms with Gasteiger partial charge >= 0.3 is 0 Å². The first-order chi connectivity index (χ1) is 6.36. The molecule has 0 atom stereocenters. The highest BCUT2D eigenvalue weighted by Crippen LogP contribution is 2.18. The fraction of sp³-hybridized carbons (Fsp3) is 0.400. The summed E-state index contributed by atoms with van der Waals surface area (Å²) in [4.78, 5) is 10.6. The maximum absolute atomic E-state index is 4.26. The topological polar surface area (TPSA) is 29.0 Å². The maximum Gasteiger partial charge on any atom is 0.147 e. The average molecular weight is 175 g/mol. The van der Waals surface area contributed by atoms with Gasteiger partial charge in [0.1, 0.15) is 5.82 Å². The van der Waals surface area contributed by atoms with E-state index < -0.39 is 0 Å². The van der Waals surface area contributed by atoms with Crippen LogP contribution < -0.4 is 4.90 Å².